The third-order valence-corrected chi connectivity index (χ3v) is 4.68. The van der Waals surface area contributed by atoms with Crippen molar-refractivity contribution in [3.63, 3.8) is 0 Å². The van der Waals surface area contributed by atoms with Gasteiger partial charge in [0.15, 0.2) is 0 Å². The van der Waals surface area contributed by atoms with Gasteiger partial charge in [-0.15, -0.1) is 0 Å². The number of aryl methyl sites for hydroxylation is 1. The molecule has 0 aliphatic heterocycles. The number of benzene rings is 1. The molecule has 2 aliphatic carbocycles. The first-order valence-corrected chi connectivity index (χ1v) is 8.09. The molecule has 114 valence electrons. The molecule has 2 aliphatic rings. The quantitative estimate of drug-likeness (QED) is 0.941. The van der Waals surface area contributed by atoms with Crippen molar-refractivity contribution in [2.24, 2.45) is 7.05 Å². The average Bonchev–Trinajstić information content (AvgIpc) is 3.39. The standard InChI is InChI=1S/C17H18ClN3O/c1-21-9-14(16(20-21)10-5-6-10)17(22)19-15-8-13(15)11-3-2-4-12(18)7-11/h2-4,7,9-10,13,15H,5-6,8H2,1H3,(H,19,22)/t13-,15+/m0/s1. The molecule has 2 aromatic rings. The van der Waals surface area contributed by atoms with Crippen LogP contribution in [0.1, 0.15) is 52.7 Å². The largest absolute Gasteiger partial charge is 0.349 e. The molecule has 2 fully saturated rings. The molecule has 2 saturated carbocycles. The first-order chi connectivity index (χ1) is 10.6. The Kier molecular flexibility index (Phi) is 3.22. The zero-order valence-corrected chi connectivity index (χ0v) is 13.2. The minimum atomic E-state index is 0.00419. The Bertz CT molecular complexity index is 735. The molecule has 1 aromatic heterocycles. The van der Waals surface area contributed by atoms with E-state index in [9.17, 15) is 4.79 Å². The van der Waals surface area contributed by atoms with E-state index in [1.54, 1.807) is 4.68 Å². The van der Waals surface area contributed by atoms with Gasteiger partial charge in [0.1, 0.15) is 0 Å². The van der Waals surface area contributed by atoms with Crippen molar-refractivity contribution in [3.05, 3.63) is 52.3 Å². The van der Waals surface area contributed by atoms with Crippen molar-refractivity contribution in [1.82, 2.24) is 15.1 Å². The molecule has 4 rings (SSSR count). The fourth-order valence-corrected chi connectivity index (χ4v) is 3.24. The van der Waals surface area contributed by atoms with Crippen molar-refractivity contribution in [1.29, 1.82) is 0 Å². The van der Waals surface area contributed by atoms with Crippen molar-refractivity contribution in [3.8, 4) is 0 Å². The van der Waals surface area contributed by atoms with Crippen LogP contribution in [-0.4, -0.2) is 21.7 Å². The summed E-state index contributed by atoms with van der Waals surface area (Å²) >= 11 is 6.03. The first kappa shape index (κ1) is 13.8. The Labute approximate surface area is 134 Å². The maximum absolute atomic E-state index is 12.5. The fourth-order valence-electron chi connectivity index (χ4n) is 3.05. The van der Waals surface area contributed by atoms with Gasteiger partial charge in [-0.05, 0) is 37.0 Å². The highest BCUT2D eigenvalue weighted by Crippen LogP contribution is 2.43. The van der Waals surface area contributed by atoms with Gasteiger partial charge in [-0.3, -0.25) is 9.48 Å². The third-order valence-electron chi connectivity index (χ3n) is 4.45. The van der Waals surface area contributed by atoms with E-state index in [0.29, 0.717) is 11.8 Å². The van der Waals surface area contributed by atoms with Crippen LogP contribution in [0.25, 0.3) is 0 Å². The molecule has 0 unspecified atom stereocenters. The van der Waals surface area contributed by atoms with E-state index in [4.69, 9.17) is 11.6 Å². The van der Waals surface area contributed by atoms with Gasteiger partial charge in [0.25, 0.3) is 5.91 Å². The Hall–Kier alpha value is -1.81. The predicted molar refractivity (Wildman–Crippen MR) is 85.2 cm³/mol. The second-order valence-corrected chi connectivity index (χ2v) is 6.79. The minimum absolute atomic E-state index is 0.00419. The van der Waals surface area contributed by atoms with Gasteiger partial charge in [-0.1, -0.05) is 23.7 Å². The third kappa shape index (κ3) is 2.63. The van der Waals surface area contributed by atoms with Crippen LogP contribution in [0.15, 0.2) is 30.5 Å². The van der Waals surface area contributed by atoms with E-state index in [-0.39, 0.29) is 11.9 Å². The predicted octanol–water partition coefficient (Wildman–Crippen LogP) is 3.24. The summed E-state index contributed by atoms with van der Waals surface area (Å²) in [5.74, 6) is 0.859. The molecule has 4 nitrogen and oxygen atoms in total. The molecule has 0 bridgehead atoms. The van der Waals surface area contributed by atoms with E-state index >= 15 is 0 Å². The number of nitrogens with one attached hydrogen (secondary N) is 1. The lowest BCUT2D eigenvalue weighted by Gasteiger charge is -2.05. The molecule has 0 spiro atoms. The van der Waals surface area contributed by atoms with Gasteiger partial charge in [-0.2, -0.15) is 5.10 Å². The minimum Gasteiger partial charge on any atom is -0.349 e. The second-order valence-electron chi connectivity index (χ2n) is 6.35. The Balaban J connectivity index is 1.45. The number of nitrogens with zero attached hydrogens (tertiary/aromatic N) is 2. The first-order valence-electron chi connectivity index (χ1n) is 7.71. The number of carbonyl (C=O) groups is 1. The zero-order valence-electron chi connectivity index (χ0n) is 12.4. The highest BCUT2D eigenvalue weighted by atomic mass is 35.5. The molecule has 1 heterocycles. The summed E-state index contributed by atoms with van der Waals surface area (Å²) in [5.41, 5.74) is 2.90. The van der Waals surface area contributed by atoms with Gasteiger partial charge in [-0.25, -0.2) is 0 Å². The lowest BCUT2D eigenvalue weighted by molar-refractivity contribution is 0.0949. The van der Waals surface area contributed by atoms with Crippen LogP contribution in [0.3, 0.4) is 0 Å². The molecule has 22 heavy (non-hydrogen) atoms. The molecule has 2 atom stereocenters. The van der Waals surface area contributed by atoms with Gasteiger partial charge in [0.2, 0.25) is 0 Å². The van der Waals surface area contributed by atoms with Crippen LogP contribution < -0.4 is 5.32 Å². The second kappa shape index (κ2) is 5.13. The highest BCUT2D eigenvalue weighted by Gasteiger charge is 2.40. The van der Waals surface area contributed by atoms with Crippen LogP contribution in [0.4, 0.5) is 0 Å². The highest BCUT2D eigenvalue weighted by molar-refractivity contribution is 6.30. The normalized spacial score (nSPS) is 23.4. The molecule has 1 aromatic carbocycles. The molecule has 0 radical (unpaired) electrons. The number of rotatable bonds is 4. The van der Waals surface area contributed by atoms with E-state index < -0.39 is 0 Å². The molecular formula is C17H18ClN3O. The number of amides is 1. The number of hydrogen-bond acceptors (Lipinski definition) is 2. The monoisotopic (exact) mass is 315 g/mol. The van der Waals surface area contributed by atoms with Crippen LogP contribution >= 0.6 is 11.6 Å². The molecule has 5 heteroatoms. The summed E-state index contributed by atoms with van der Waals surface area (Å²) in [6.45, 7) is 0. The topological polar surface area (TPSA) is 46.9 Å². The smallest absolute Gasteiger partial charge is 0.255 e. The number of hydrogen-bond donors (Lipinski definition) is 1. The Morgan fingerprint density at radius 1 is 1.41 bits per heavy atom. The number of halogens is 1. The van der Waals surface area contributed by atoms with Crippen molar-refractivity contribution in [2.75, 3.05) is 0 Å². The summed E-state index contributed by atoms with van der Waals surface area (Å²) in [7, 11) is 1.87. The van der Waals surface area contributed by atoms with Crippen LogP contribution in [0.5, 0.6) is 0 Å². The number of carbonyl (C=O) groups excluding carboxylic acids is 1. The lowest BCUT2D eigenvalue weighted by atomic mass is 10.1. The van der Waals surface area contributed by atoms with Crippen molar-refractivity contribution in [2.45, 2.75) is 37.1 Å². The fraction of sp³-hybridized carbons (Fsp3) is 0.412. The van der Waals surface area contributed by atoms with Gasteiger partial charge < -0.3 is 5.32 Å². The summed E-state index contributed by atoms with van der Waals surface area (Å²) < 4.78 is 1.74. The zero-order chi connectivity index (χ0) is 15.3. The summed E-state index contributed by atoms with van der Waals surface area (Å²) in [5, 5.41) is 8.34. The summed E-state index contributed by atoms with van der Waals surface area (Å²) in [4.78, 5) is 12.5. The molecule has 1 N–H and O–H groups in total. The van der Waals surface area contributed by atoms with E-state index in [0.717, 1.165) is 35.5 Å². The molecule has 1 amide bonds. The Morgan fingerprint density at radius 2 is 2.23 bits per heavy atom. The lowest BCUT2D eigenvalue weighted by Crippen LogP contribution is -2.27. The summed E-state index contributed by atoms with van der Waals surface area (Å²) in [6, 6.07) is 8.10. The maximum atomic E-state index is 12.5. The van der Waals surface area contributed by atoms with E-state index in [1.807, 2.05) is 31.4 Å². The van der Waals surface area contributed by atoms with Crippen LogP contribution in [0.2, 0.25) is 5.02 Å². The van der Waals surface area contributed by atoms with E-state index in [1.165, 1.54) is 5.56 Å². The molecule has 0 saturated heterocycles. The van der Waals surface area contributed by atoms with Gasteiger partial charge >= 0.3 is 0 Å². The van der Waals surface area contributed by atoms with Gasteiger partial charge in [0, 0.05) is 36.1 Å². The SMILES string of the molecule is Cn1cc(C(=O)N[C@@H]2C[C@H]2c2cccc(Cl)c2)c(C2CC2)n1. The number of aromatic nitrogens is 2. The van der Waals surface area contributed by atoms with Crippen LogP contribution in [-0.2, 0) is 7.05 Å². The maximum Gasteiger partial charge on any atom is 0.255 e. The van der Waals surface area contributed by atoms with Gasteiger partial charge in [0.05, 0.1) is 11.3 Å². The Morgan fingerprint density at radius 3 is 2.95 bits per heavy atom. The van der Waals surface area contributed by atoms with Crippen molar-refractivity contribution < 1.29 is 4.79 Å². The average molecular weight is 316 g/mol. The van der Waals surface area contributed by atoms with Crippen LogP contribution in [0, 0.1) is 0 Å². The summed E-state index contributed by atoms with van der Waals surface area (Å²) in [6.07, 6.45) is 5.10. The molecular weight excluding hydrogens is 298 g/mol. The van der Waals surface area contributed by atoms with E-state index in [2.05, 4.69) is 16.5 Å². The van der Waals surface area contributed by atoms with Crippen molar-refractivity contribution >= 4 is 17.5 Å².